The molecule has 0 fully saturated rings. The van der Waals surface area contributed by atoms with Crippen LogP contribution in [-0.2, 0) is 0 Å². The molecule has 1 aromatic carbocycles. The van der Waals surface area contributed by atoms with Crippen LogP contribution in [0.25, 0.3) is 10.9 Å². The van der Waals surface area contributed by atoms with E-state index < -0.39 is 0 Å². The smallest absolute Gasteiger partial charge is 0.141 e. The minimum atomic E-state index is -0.367. The van der Waals surface area contributed by atoms with Crippen molar-refractivity contribution < 1.29 is 9.50 Å². The molecule has 2 N–H and O–H groups in total. The molecule has 0 aliphatic rings. The Morgan fingerprint density at radius 1 is 1.50 bits per heavy atom. The highest BCUT2D eigenvalue weighted by atomic mass is 19.1. The van der Waals surface area contributed by atoms with E-state index in [1.165, 1.54) is 12.1 Å². The number of hydrogen-bond donors (Lipinski definition) is 2. The number of fused-ring (bicyclic) bond motifs is 1. The summed E-state index contributed by atoms with van der Waals surface area (Å²) in [4.78, 5) is 0. The number of H-pyrrole nitrogens is 1. The summed E-state index contributed by atoms with van der Waals surface area (Å²) in [6.07, 6.45) is 0. The monoisotopic (exact) mass is 166 g/mol. The standard InChI is InChI=1S/C8H7FN2O/c1-4-7-5(9)2-3-6(12)8(7)11-10-4/h2-3,12H,1H3,(H,10,11). The second-order valence-electron chi connectivity index (χ2n) is 2.63. The van der Waals surface area contributed by atoms with Gasteiger partial charge in [-0.05, 0) is 19.1 Å². The van der Waals surface area contributed by atoms with E-state index in [1.807, 2.05) is 0 Å². The summed E-state index contributed by atoms with van der Waals surface area (Å²) < 4.78 is 13.1. The van der Waals surface area contributed by atoms with Gasteiger partial charge in [-0.25, -0.2) is 4.39 Å². The highest BCUT2D eigenvalue weighted by Crippen LogP contribution is 2.26. The SMILES string of the molecule is Cc1n[nH]c2c(O)ccc(F)c12. The molecule has 0 bridgehead atoms. The minimum absolute atomic E-state index is 0.0204. The van der Waals surface area contributed by atoms with E-state index >= 15 is 0 Å². The van der Waals surface area contributed by atoms with Crippen molar-refractivity contribution in [1.29, 1.82) is 0 Å². The number of aromatic nitrogens is 2. The number of rotatable bonds is 0. The maximum Gasteiger partial charge on any atom is 0.141 e. The van der Waals surface area contributed by atoms with Gasteiger partial charge < -0.3 is 5.11 Å². The molecule has 0 spiro atoms. The molecule has 0 radical (unpaired) electrons. The van der Waals surface area contributed by atoms with Crippen LogP contribution >= 0.6 is 0 Å². The van der Waals surface area contributed by atoms with Crippen LogP contribution in [0.4, 0.5) is 4.39 Å². The van der Waals surface area contributed by atoms with Crippen LogP contribution in [0.1, 0.15) is 5.69 Å². The average molecular weight is 166 g/mol. The third kappa shape index (κ3) is 0.777. The average Bonchev–Trinajstić information content (AvgIpc) is 2.42. The molecule has 3 nitrogen and oxygen atoms in total. The molecule has 0 amide bonds. The minimum Gasteiger partial charge on any atom is -0.506 e. The zero-order valence-corrected chi connectivity index (χ0v) is 6.43. The number of aromatic hydroxyl groups is 1. The number of phenolic OH excluding ortho intramolecular Hbond substituents is 1. The van der Waals surface area contributed by atoms with E-state index in [1.54, 1.807) is 6.92 Å². The molecule has 12 heavy (non-hydrogen) atoms. The van der Waals surface area contributed by atoms with Crippen LogP contribution in [0.15, 0.2) is 12.1 Å². The number of nitrogens with zero attached hydrogens (tertiary/aromatic N) is 1. The van der Waals surface area contributed by atoms with Crippen LogP contribution in [0, 0.1) is 12.7 Å². The van der Waals surface area contributed by atoms with E-state index in [0.717, 1.165) is 0 Å². The first-order valence-electron chi connectivity index (χ1n) is 3.52. The van der Waals surface area contributed by atoms with Crippen LogP contribution < -0.4 is 0 Å². The zero-order valence-electron chi connectivity index (χ0n) is 6.43. The summed E-state index contributed by atoms with van der Waals surface area (Å²) in [5.41, 5.74) is 0.908. The van der Waals surface area contributed by atoms with Crippen molar-refractivity contribution >= 4 is 10.9 Å². The molecule has 2 rings (SSSR count). The Hall–Kier alpha value is -1.58. The highest BCUT2D eigenvalue weighted by Gasteiger charge is 2.09. The lowest BCUT2D eigenvalue weighted by molar-refractivity contribution is 0.479. The third-order valence-corrected chi connectivity index (χ3v) is 1.83. The second kappa shape index (κ2) is 2.20. The van der Waals surface area contributed by atoms with Gasteiger partial charge in [-0.2, -0.15) is 5.10 Å². The summed E-state index contributed by atoms with van der Waals surface area (Å²) in [6.45, 7) is 1.68. The molecule has 1 heterocycles. The number of nitrogens with one attached hydrogen (secondary N) is 1. The van der Waals surface area contributed by atoms with Gasteiger partial charge in [0.05, 0.1) is 11.1 Å². The molecule has 0 aliphatic heterocycles. The number of aromatic amines is 1. The number of phenols is 1. The Labute approximate surface area is 67.8 Å². The first-order valence-corrected chi connectivity index (χ1v) is 3.52. The quantitative estimate of drug-likeness (QED) is 0.626. The number of halogens is 1. The molecule has 62 valence electrons. The van der Waals surface area contributed by atoms with E-state index in [-0.39, 0.29) is 11.6 Å². The maximum atomic E-state index is 13.1. The Balaban J connectivity index is 2.98. The fourth-order valence-corrected chi connectivity index (χ4v) is 1.23. The normalized spacial score (nSPS) is 10.8. The van der Waals surface area contributed by atoms with Gasteiger partial charge in [-0.3, -0.25) is 5.10 Å². The van der Waals surface area contributed by atoms with Crippen molar-refractivity contribution in [2.75, 3.05) is 0 Å². The fraction of sp³-hybridized carbons (Fsp3) is 0.125. The van der Waals surface area contributed by atoms with Gasteiger partial charge in [0.2, 0.25) is 0 Å². The highest BCUT2D eigenvalue weighted by molar-refractivity contribution is 5.86. The topological polar surface area (TPSA) is 48.9 Å². The van der Waals surface area contributed by atoms with Crippen molar-refractivity contribution in [3.63, 3.8) is 0 Å². The summed E-state index contributed by atoms with van der Waals surface area (Å²) in [6, 6.07) is 2.52. The summed E-state index contributed by atoms with van der Waals surface area (Å²) in [5, 5.41) is 16.0. The largest absolute Gasteiger partial charge is 0.506 e. The van der Waals surface area contributed by atoms with E-state index in [9.17, 15) is 9.50 Å². The van der Waals surface area contributed by atoms with Crippen LogP contribution in [0.3, 0.4) is 0 Å². The Bertz CT molecular complexity index is 436. The summed E-state index contributed by atoms with van der Waals surface area (Å²) in [5.74, 6) is -0.346. The van der Waals surface area contributed by atoms with Gasteiger partial charge in [-0.15, -0.1) is 0 Å². The molecule has 0 saturated heterocycles. The van der Waals surface area contributed by atoms with E-state index in [0.29, 0.717) is 16.6 Å². The van der Waals surface area contributed by atoms with Crippen LogP contribution in [0.5, 0.6) is 5.75 Å². The predicted molar refractivity (Wildman–Crippen MR) is 42.5 cm³/mol. The van der Waals surface area contributed by atoms with Crippen LogP contribution in [-0.4, -0.2) is 15.3 Å². The Morgan fingerprint density at radius 2 is 2.25 bits per heavy atom. The summed E-state index contributed by atoms with van der Waals surface area (Å²) in [7, 11) is 0. The predicted octanol–water partition coefficient (Wildman–Crippen LogP) is 1.72. The van der Waals surface area contributed by atoms with Gasteiger partial charge in [0.15, 0.2) is 0 Å². The van der Waals surface area contributed by atoms with Crippen molar-refractivity contribution in [1.82, 2.24) is 10.2 Å². The Morgan fingerprint density at radius 3 is 2.92 bits per heavy atom. The van der Waals surface area contributed by atoms with E-state index in [4.69, 9.17) is 0 Å². The van der Waals surface area contributed by atoms with Gasteiger partial charge >= 0.3 is 0 Å². The molecular weight excluding hydrogens is 159 g/mol. The lowest BCUT2D eigenvalue weighted by Gasteiger charge is -1.94. The van der Waals surface area contributed by atoms with Gasteiger partial charge in [0, 0.05) is 0 Å². The lowest BCUT2D eigenvalue weighted by atomic mass is 10.2. The lowest BCUT2D eigenvalue weighted by Crippen LogP contribution is -1.78. The molecule has 1 aromatic heterocycles. The molecule has 0 atom stereocenters. The van der Waals surface area contributed by atoms with Gasteiger partial charge in [-0.1, -0.05) is 0 Å². The summed E-state index contributed by atoms with van der Waals surface area (Å²) >= 11 is 0. The van der Waals surface area contributed by atoms with E-state index in [2.05, 4.69) is 10.2 Å². The molecule has 0 saturated carbocycles. The van der Waals surface area contributed by atoms with Crippen molar-refractivity contribution in [2.45, 2.75) is 6.92 Å². The van der Waals surface area contributed by atoms with Crippen molar-refractivity contribution in [3.05, 3.63) is 23.6 Å². The van der Waals surface area contributed by atoms with Crippen molar-refractivity contribution in [3.8, 4) is 5.75 Å². The molecule has 2 aromatic rings. The zero-order chi connectivity index (χ0) is 8.72. The first kappa shape index (κ1) is 7.09. The fourth-order valence-electron chi connectivity index (χ4n) is 1.23. The third-order valence-electron chi connectivity index (χ3n) is 1.83. The second-order valence-corrected chi connectivity index (χ2v) is 2.63. The number of aryl methyl sites for hydroxylation is 1. The van der Waals surface area contributed by atoms with Gasteiger partial charge in [0.25, 0.3) is 0 Å². The first-order chi connectivity index (χ1) is 5.70. The Kier molecular flexibility index (Phi) is 1.30. The molecule has 4 heteroatoms. The van der Waals surface area contributed by atoms with Crippen molar-refractivity contribution in [2.24, 2.45) is 0 Å². The molecule has 0 aliphatic carbocycles. The maximum absolute atomic E-state index is 13.1. The molecule has 0 unspecified atom stereocenters. The van der Waals surface area contributed by atoms with Gasteiger partial charge in [0.1, 0.15) is 17.1 Å². The number of benzene rings is 1. The van der Waals surface area contributed by atoms with Crippen LogP contribution in [0.2, 0.25) is 0 Å². The number of hydrogen-bond acceptors (Lipinski definition) is 2. The molecular formula is C8H7FN2O.